The molecule has 100 valence electrons. The van der Waals surface area contributed by atoms with Crippen molar-refractivity contribution in [3.05, 3.63) is 40.9 Å². The standard InChI is InChI=1S/C11H13N3O2.2ClH/c15-6-5-12-7-14-8-13-10-4-2-1-3-9(10)11(14)16;;/h1-4,8,12,15H,5-7H2;2*1H. The van der Waals surface area contributed by atoms with E-state index in [1.165, 1.54) is 10.9 Å². The van der Waals surface area contributed by atoms with Crippen LogP contribution in [0.4, 0.5) is 0 Å². The molecule has 0 saturated carbocycles. The smallest absolute Gasteiger partial charge is 0.262 e. The number of para-hydroxylation sites is 1. The maximum Gasteiger partial charge on any atom is 0.262 e. The number of aromatic nitrogens is 2. The molecular weight excluding hydrogens is 277 g/mol. The molecule has 18 heavy (non-hydrogen) atoms. The number of fused-ring (bicyclic) bond motifs is 1. The Morgan fingerprint density at radius 3 is 2.72 bits per heavy atom. The SMILES string of the molecule is Cl.Cl.O=c1c2ccccc2ncn1CNCCO. The summed E-state index contributed by atoms with van der Waals surface area (Å²) in [7, 11) is 0. The normalized spacial score (nSPS) is 9.61. The Bertz CT molecular complexity index is 545. The number of nitrogens with one attached hydrogen (secondary N) is 1. The fourth-order valence-corrected chi connectivity index (χ4v) is 1.50. The van der Waals surface area contributed by atoms with Gasteiger partial charge in [-0.15, -0.1) is 24.8 Å². The zero-order chi connectivity index (χ0) is 11.4. The van der Waals surface area contributed by atoms with Gasteiger partial charge in [0.05, 0.1) is 30.5 Å². The van der Waals surface area contributed by atoms with Crippen molar-refractivity contribution in [1.82, 2.24) is 14.9 Å². The molecule has 1 aromatic heterocycles. The van der Waals surface area contributed by atoms with Gasteiger partial charge >= 0.3 is 0 Å². The average molecular weight is 292 g/mol. The minimum atomic E-state index is -0.0731. The number of benzene rings is 1. The highest BCUT2D eigenvalue weighted by Gasteiger charge is 2.01. The number of hydrogen-bond acceptors (Lipinski definition) is 4. The van der Waals surface area contributed by atoms with Crippen molar-refractivity contribution in [3.63, 3.8) is 0 Å². The van der Waals surface area contributed by atoms with Crippen molar-refractivity contribution in [2.45, 2.75) is 6.67 Å². The van der Waals surface area contributed by atoms with Crippen molar-refractivity contribution in [1.29, 1.82) is 0 Å². The highest BCUT2D eigenvalue weighted by molar-refractivity contribution is 5.85. The summed E-state index contributed by atoms with van der Waals surface area (Å²) in [6.45, 7) is 0.867. The fraction of sp³-hybridized carbons (Fsp3) is 0.273. The Balaban J connectivity index is 0.00000144. The summed E-state index contributed by atoms with van der Waals surface area (Å²) in [5.74, 6) is 0. The van der Waals surface area contributed by atoms with Crippen LogP contribution < -0.4 is 10.9 Å². The van der Waals surface area contributed by atoms with Crippen molar-refractivity contribution in [3.8, 4) is 0 Å². The van der Waals surface area contributed by atoms with E-state index in [1.807, 2.05) is 18.2 Å². The van der Waals surface area contributed by atoms with Gasteiger partial charge in [-0.1, -0.05) is 12.1 Å². The van der Waals surface area contributed by atoms with Gasteiger partial charge < -0.3 is 5.11 Å². The van der Waals surface area contributed by atoms with Crippen LogP contribution in [0.5, 0.6) is 0 Å². The number of rotatable bonds is 4. The molecule has 0 aliphatic rings. The topological polar surface area (TPSA) is 67.2 Å². The summed E-state index contributed by atoms with van der Waals surface area (Å²) in [4.78, 5) is 16.1. The van der Waals surface area contributed by atoms with Gasteiger partial charge in [0, 0.05) is 6.54 Å². The van der Waals surface area contributed by atoms with E-state index >= 15 is 0 Å². The molecule has 2 rings (SSSR count). The lowest BCUT2D eigenvalue weighted by atomic mass is 10.2. The van der Waals surface area contributed by atoms with E-state index in [4.69, 9.17) is 5.11 Å². The summed E-state index contributed by atoms with van der Waals surface area (Å²) >= 11 is 0. The highest BCUT2D eigenvalue weighted by atomic mass is 35.5. The first kappa shape index (κ1) is 16.9. The molecule has 0 spiro atoms. The molecule has 2 aromatic rings. The third-order valence-corrected chi connectivity index (χ3v) is 2.30. The minimum Gasteiger partial charge on any atom is -0.395 e. The van der Waals surface area contributed by atoms with Gasteiger partial charge in [-0.2, -0.15) is 0 Å². The predicted molar refractivity (Wildman–Crippen MR) is 75.6 cm³/mol. The molecule has 0 fully saturated rings. The van der Waals surface area contributed by atoms with Crippen LogP contribution in [-0.4, -0.2) is 27.8 Å². The van der Waals surface area contributed by atoms with Gasteiger partial charge in [0.15, 0.2) is 0 Å². The third kappa shape index (κ3) is 3.68. The summed E-state index contributed by atoms with van der Waals surface area (Å²) in [6.07, 6.45) is 1.51. The first-order valence-electron chi connectivity index (χ1n) is 5.08. The summed E-state index contributed by atoms with van der Waals surface area (Å²) in [5.41, 5.74) is 0.627. The Morgan fingerprint density at radius 1 is 1.28 bits per heavy atom. The van der Waals surface area contributed by atoms with Gasteiger partial charge in [0.25, 0.3) is 5.56 Å². The molecule has 0 aliphatic heterocycles. The summed E-state index contributed by atoms with van der Waals surface area (Å²) in [6, 6.07) is 7.23. The van der Waals surface area contributed by atoms with E-state index in [-0.39, 0.29) is 37.0 Å². The van der Waals surface area contributed by atoms with E-state index in [1.54, 1.807) is 6.07 Å². The molecule has 5 nitrogen and oxygen atoms in total. The van der Waals surface area contributed by atoms with E-state index in [0.717, 1.165) is 0 Å². The minimum absolute atomic E-state index is 0. The molecule has 1 heterocycles. The van der Waals surface area contributed by atoms with Gasteiger partial charge in [0.1, 0.15) is 0 Å². The zero-order valence-corrected chi connectivity index (χ0v) is 11.2. The maximum absolute atomic E-state index is 11.9. The molecule has 0 amide bonds. The Labute approximate surface area is 117 Å². The molecule has 7 heteroatoms. The van der Waals surface area contributed by atoms with Gasteiger partial charge in [-0.05, 0) is 12.1 Å². The molecule has 2 N–H and O–H groups in total. The molecular formula is C11H15Cl2N3O2. The molecule has 0 atom stereocenters. The second kappa shape index (κ2) is 8.05. The number of halogens is 2. The number of aliphatic hydroxyl groups is 1. The van der Waals surface area contributed by atoms with Crippen LogP contribution in [0.15, 0.2) is 35.4 Å². The van der Waals surface area contributed by atoms with E-state index in [2.05, 4.69) is 10.3 Å². The molecule has 0 radical (unpaired) electrons. The van der Waals surface area contributed by atoms with Crippen LogP contribution >= 0.6 is 24.8 Å². The Morgan fingerprint density at radius 2 is 2.00 bits per heavy atom. The molecule has 0 aliphatic carbocycles. The van der Waals surface area contributed by atoms with E-state index in [0.29, 0.717) is 24.1 Å². The van der Waals surface area contributed by atoms with Crippen molar-refractivity contribution in [2.75, 3.05) is 13.2 Å². The van der Waals surface area contributed by atoms with Crippen LogP contribution in [-0.2, 0) is 6.67 Å². The predicted octanol–water partition coefficient (Wildman–Crippen LogP) is 0.779. The first-order chi connectivity index (χ1) is 7.83. The maximum atomic E-state index is 11.9. The van der Waals surface area contributed by atoms with Crippen LogP contribution in [0.25, 0.3) is 10.9 Å². The van der Waals surface area contributed by atoms with Crippen molar-refractivity contribution >= 4 is 35.7 Å². The van der Waals surface area contributed by atoms with Crippen LogP contribution in [0.2, 0.25) is 0 Å². The average Bonchev–Trinajstić information content (AvgIpc) is 2.33. The highest BCUT2D eigenvalue weighted by Crippen LogP contribution is 2.03. The largest absolute Gasteiger partial charge is 0.395 e. The Kier molecular flexibility index (Phi) is 7.54. The number of hydrogen-bond donors (Lipinski definition) is 2. The summed E-state index contributed by atoms with van der Waals surface area (Å²) < 4.78 is 1.48. The third-order valence-electron chi connectivity index (χ3n) is 2.30. The monoisotopic (exact) mass is 291 g/mol. The number of nitrogens with zero attached hydrogens (tertiary/aromatic N) is 2. The molecule has 0 unspecified atom stereocenters. The van der Waals surface area contributed by atoms with Crippen LogP contribution in [0, 0.1) is 0 Å². The van der Waals surface area contributed by atoms with Gasteiger partial charge in [0.2, 0.25) is 0 Å². The lowest BCUT2D eigenvalue weighted by molar-refractivity contribution is 0.286. The fourth-order valence-electron chi connectivity index (χ4n) is 1.50. The lowest BCUT2D eigenvalue weighted by Crippen LogP contribution is -2.29. The second-order valence-corrected chi connectivity index (χ2v) is 3.42. The Hall–Kier alpha value is -1.14. The number of aliphatic hydroxyl groups excluding tert-OH is 1. The quantitative estimate of drug-likeness (QED) is 0.817. The van der Waals surface area contributed by atoms with Crippen molar-refractivity contribution in [2.24, 2.45) is 0 Å². The zero-order valence-electron chi connectivity index (χ0n) is 9.57. The molecule has 0 bridgehead atoms. The van der Waals surface area contributed by atoms with E-state index < -0.39 is 0 Å². The second-order valence-electron chi connectivity index (χ2n) is 3.42. The first-order valence-corrected chi connectivity index (χ1v) is 5.08. The summed E-state index contributed by atoms with van der Waals surface area (Å²) in [5, 5.41) is 12.2. The molecule has 1 aromatic carbocycles. The van der Waals surface area contributed by atoms with E-state index in [9.17, 15) is 4.79 Å². The van der Waals surface area contributed by atoms with Gasteiger partial charge in [-0.3, -0.25) is 14.7 Å². The van der Waals surface area contributed by atoms with Crippen LogP contribution in [0.1, 0.15) is 0 Å². The van der Waals surface area contributed by atoms with Gasteiger partial charge in [-0.25, -0.2) is 4.98 Å². The molecule has 0 saturated heterocycles. The van der Waals surface area contributed by atoms with Crippen LogP contribution in [0.3, 0.4) is 0 Å². The van der Waals surface area contributed by atoms with Crippen molar-refractivity contribution < 1.29 is 5.11 Å². The lowest BCUT2D eigenvalue weighted by Gasteiger charge is -2.06.